The second kappa shape index (κ2) is 5.71. The average molecular weight is 281 g/mol. The lowest BCUT2D eigenvalue weighted by Crippen LogP contribution is -2.40. The highest BCUT2D eigenvalue weighted by Gasteiger charge is 2.34. The highest BCUT2D eigenvalue weighted by molar-refractivity contribution is 5.48. The number of hydrogen-bond acceptors (Lipinski definition) is 1. The Morgan fingerprint density at radius 1 is 1.05 bits per heavy atom. The van der Waals surface area contributed by atoms with E-state index in [9.17, 15) is 8.78 Å². The Bertz CT molecular complexity index is 477. The number of halogens is 2. The minimum Gasteiger partial charge on any atom is -0.380 e. The van der Waals surface area contributed by atoms with Crippen LogP contribution in [0.25, 0.3) is 0 Å². The summed E-state index contributed by atoms with van der Waals surface area (Å²) in [5, 5.41) is 3.26. The highest BCUT2D eigenvalue weighted by Crippen LogP contribution is 2.39. The van der Waals surface area contributed by atoms with Crippen LogP contribution in [0.1, 0.15) is 52.0 Å². The monoisotopic (exact) mass is 281 g/mol. The normalized spacial score (nSPS) is 23.7. The first-order valence-electron chi connectivity index (χ1n) is 7.51. The van der Waals surface area contributed by atoms with Gasteiger partial charge in [0.15, 0.2) is 0 Å². The molecule has 1 aromatic carbocycles. The van der Waals surface area contributed by atoms with Crippen molar-refractivity contribution in [3.05, 3.63) is 29.3 Å². The molecule has 1 nitrogen and oxygen atoms in total. The molecule has 2 atom stereocenters. The minimum atomic E-state index is -0.359. The summed E-state index contributed by atoms with van der Waals surface area (Å²) in [7, 11) is 0. The van der Waals surface area contributed by atoms with Crippen LogP contribution in [0.15, 0.2) is 12.1 Å². The molecule has 112 valence electrons. The zero-order valence-electron chi connectivity index (χ0n) is 12.9. The summed E-state index contributed by atoms with van der Waals surface area (Å²) in [5.41, 5.74) is 0.830. The summed E-state index contributed by atoms with van der Waals surface area (Å²) < 4.78 is 27.6. The van der Waals surface area contributed by atoms with Crippen molar-refractivity contribution in [3.63, 3.8) is 0 Å². The lowest BCUT2D eigenvalue weighted by atomic mass is 9.69. The first-order valence-corrected chi connectivity index (χ1v) is 7.51. The van der Waals surface area contributed by atoms with Gasteiger partial charge in [-0.3, -0.25) is 0 Å². The maximum Gasteiger partial charge on any atom is 0.146 e. The summed E-state index contributed by atoms with van der Waals surface area (Å²) >= 11 is 0. The molecule has 0 spiro atoms. The molecule has 0 bridgehead atoms. The van der Waals surface area contributed by atoms with E-state index in [-0.39, 0.29) is 23.1 Å². The van der Waals surface area contributed by atoms with E-state index in [0.717, 1.165) is 19.3 Å². The molecule has 1 fully saturated rings. The average Bonchev–Trinajstić information content (AvgIpc) is 2.35. The van der Waals surface area contributed by atoms with Gasteiger partial charge in [-0.2, -0.15) is 0 Å². The number of hydrogen-bond donors (Lipinski definition) is 1. The SMILES string of the molecule is Cc1cc(F)c(NC2CCCCC2C(C)(C)C)cc1F. The lowest BCUT2D eigenvalue weighted by molar-refractivity contribution is 0.162. The first kappa shape index (κ1) is 15.3. The van der Waals surface area contributed by atoms with E-state index >= 15 is 0 Å². The molecule has 0 heterocycles. The molecule has 1 aliphatic carbocycles. The molecule has 2 unspecified atom stereocenters. The van der Waals surface area contributed by atoms with E-state index < -0.39 is 0 Å². The lowest BCUT2D eigenvalue weighted by Gasteiger charge is -2.41. The van der Waals surface area contributed by atoms with Crippen LogP contribution in [0.3, 0.4) is 0 Å². The zero-order valence-corrected chi connectivity index (χ0v) is 12.9. The van der Waals surface area contributed by atoms with Crippen LogP contribution in [0.2, 0.25) is 0 Å². The number of aryl methyl sites for hydroxylation is 1. The third kappa shape index (κ3) is 3.31. The Kier molecular flexibility index (Phi) is 4.36. The topological polar surface area (TPSA) is 12.0 Å². The van der Waals surface area contributed by atoms with Crippen LogP contribution in [0.4, 0.5) is 14.5 Å². The molecule has 1 N–H and O–H groups in total. The summed E-state index contributed by atoms with van der Waals surface area (Å²) in [5.74, 6) is -0.223. The molecular weight excluding hydrogens is 256 g/mol. The standard InChI is InChI=1S/C17H25F2N/c1-11-9-14(19)16(10-13(11)18)20-15-8-6-5-7-12(15)17(2,3)4/h9-10,12,15,20H,5-8H2,1-4H3. The van der Waals surface area contributed by atoms with Crippen LogP contribution in [-0.4, -0.2) is 6.04 Å². The van der Waals surface area contributed by atoms with E-state index in [0.29, 0.717) is 17.2 Å². The third-order valence-electron chi connectivity index (χ3n) is 4.47. The van der Waals surface area contributed by atoms with E-state index in [1.165, 1.54) is 18.6 Å². The predicted octanol–water partition coefficient (Wildman–Crippen LogP) is 5.29. The molecule has 1 aromatic rings. The molecule has 20 heavy (non-hydrogen) atoms. The second-order valence-electron chi connectivity index (χ2n) is 7.09. The Balaban J connectivity index is 2.21. The Labute approximate surface area is 120 Å². The van der Waals surface area contributed by atoms with Gasteiger partial charge in [0.2, 0.25) is 0 Å². The van der Waals surface area contributed by atoms with E-state index in [1.54, 1.807) is 6.92 Å². The first-order chi connectivity index (χ1) is 9.29. The Morgan fingerprint density at radius 2 is 1.70 bits per heavy atom. The Morgan fingerprint density at radius 3 is 2.35 bits per heavy atom. The molecule has 0 amide bonds. The Hall–Kier alpha value is -1.12. The molecule has 0 radical (unpaired) electrons. The second-order valence-corrected chi connectivity index (χ2v) is 7.09. The van der Waals surface area contributed by atoms with Crippen molar-refractivity contribution in [2.24, 2.45) is 11.3 Å². The fraction of sp³-hybridized carbons (Fsp3) is 0.647. The molecule has 2 rings (SSSR count). The van der Waals surface area contributed by atoms with E-state index in [1.807, 2.05) is 0 Å². The van der Waals surface area contributed by atoms with Crippen molar-refractivity contribution in [2.45, 2.75) is 59.4 Å². The molecule has 3 heteroatoms. The number of benzene rings is 1. The maximum atomic E-state index is 14.0. The van der Waals surface area contributed by atoms with Gasteiger partial charge >= 0.3 is 0 Å². The van der Waals surface area contributed by atoms with Crippen LogP contribution in [0.5, 0.6) is 0 Å². The van der Waals surface area contributed by atoms with Crippen LogP contribution >= 0.6 is 0 Å². The van der Waals surface area contributed by atoms with Gasteiger partial charge in [0.05, 0.1) is 5.69 Å². The fourth-order valence-electron chi connectivity index (χ4n) is 3.30. The zero-order chi connectivity index (χ0) is 14.9. The molecule has 1 aliphatic rings. The number of nitrogens with one attached hydrogen (secondary N) is 1. The summed E-state index contributed by atoms with van der Waals surface area (Å²) in [6.45, 7) is 8.26. The van der Waals surface area contributed by atoms with Gasteiger partial charge in [0, 0.05) is 12.1 Å². The van der Waals surface area contributed by atoms with E-state index in [2.05, 4.69) is 26.1 Å². The summed E-state index contributed by atoms with van der Waals surface area (Å²) in [6, 6.07) is 2.78. The molecular formula is C17H25F2N. The third-order valence-corrected chi connectivity index (χ3v) is 4.47. The van der Waals surface area contributed by atoms with Gasteiger partial charge in [-0.25, -0.2) is 8.78 Å². The van der Waals surface area contributed by atoms with Crippen molar-refractivity contribution < 1.29 is 8.78 Å². The molecule has 0 aromatic heterocycles. The molecule has 0 aliphatic heterocycles. The minimum absolute atomic E-state index is 0.178. The molecule has 1 saturated carbocycles. The van der Waals surface area contributed by atoms with Crippen molar-refractivity contribution in [1.29, 1.82) is 0 Å². The largest absolute Gasteiger partial charge is 0.380 e. The van der Waals surface area contributed by atoms with E-state index in [4.69, 9.17) is 0 Å². The van der Waals surface area contributed by atoms with Gasteiger partial charge in [0.25, 0.3) is 0 Å². The van der Waals surface area contributed by atoms with Gasteiger partial charge < -0.3 is 5.32 Å². The van der Waals surface area contributed by atoms with Gasteiger partial charge in [-0.15, -0.1) is 0 Å². The summed E-state index contributed by atoms with van der Waals surface area (Å²) in [4.78, 5) is 0. The predicted molar refractivity (Wildman–Crippen MR) is 79.9 cm³/mol. The van der Waals surface area contributed by atoms with Crippen molar-refractivity contribution in [1.82, 2.24) is 0 Å². The highest BCUT2D eigenvalue weighted by atomic mass is 19.1. The van der Waals surface area contributed by atoms with Crippen molar-refractivity contribution in [3.8, 4) is 0 Å². The van der Waals surface area contributed by atoms with Gasteiger partial charge in [0.1, 0.15) is 11.6 Å². The summed E-state index contributed by atoms with van der Waals surface area (Å²) in [6.07, 6.45) is 4.55. The molecule has 0 saturated heterocycles. The van der Waals surface area contributed by atoms with Crippen LogP contribution < -0.4 is 5.32 Å². The van der Waals surface area contributed by atoms with Crippen molar-refractivity contribution >= 4 is 5.69 Å². The number of rotatable bonds is 2. The smallest absolute Gasteiger partial charge is 0.146 e. The van der Waals surface area contributed by atoms with Crippen LogP contribution in [-0.2, 0) is 0 Å². The maximum absolute atomic E-state index is 14.0. The van der Waals surface area contributed by atoms with Crippen LogP contribution in [0, 0.1) is 29.9 Å². The number of anilines is 1. The van der Waals surface area contributed by atoms with Crippen molar-refractivity contribution in [2.75, 3.05) is 5.32 Å². The quantitative estimate of drug-likeness (QED) is 0.776. The van der Waals surface area contributed by atoms with Gasteiger partial charge in [-0.05, 0) is 42.7 Å². The van der Waals surface area contributed by atoms with Gasteiger partial charge in [-0.1, -0.05) is 33.6 Å². The fourth-order valence-corrected chi connectivity index (χ4v) is 3.30.